The first-order valence-corrected chi connectivity index (χ1v) is 8.03. The lowest BCUT2D eigenvalue weighted by Crippen LogP contribution is -2.34. The predicted molar refractivity (Wildman–Crippen MR) is 76.4 cm³/mol. The molecule has 20 heavy (non-hydrogen) atoms. The number of aliphatic hydroxyl groups excluding tert-OH is 1. The largest absolute Gasteiger partial charge is 0.396 e. The first-order chi connectivity index (χ1) is 9.18. The van der Waals surface area contributed by atoms with Crippen LogP contribution in [0.1, 0.15) is 32.3 Å². The van der Waals surface area contributed by atoms with E-state index >= 15 is 0 Å². The van der Waals surface area contributed by atoms with E-state index in [9.17, 15) is 12.8 Å². The van der Waals surface area contributed by atoms with E-state index in [1.54, 1.807) is 6.92 Å². The van der Waals surface area contributed by atoms with E-state index in [0.29, 0.717) is 18.4 Å². The van der Waals surface area contributed by atoms with Gasteiger partial charge >= 0.3 is 0 Å². The van der Waals surface area contributed by atoms with Crippen LogP contribution in [-0.4, -0.2) is 26.7 Å². The lowest BCUT2D eigenvalue weighted by atomic mass is 9.88. The van der Waals surface area contributed by atoms with Crippen LogP contribution in [-0.2, 0) is 10.0 Å². The Bertz CT molecular complexity index is 556. The van der Waals surface area contributed by atoms with Gasteiger partial charge in [-0.05, 0) is 48.9 Å². The van der Waals surface area contributed by atoms with Crippen molar-refractivity contribution in [2.75, 3.05) is 13.2 Å². The number of hydrogen-bond donors (Lipinski definition) is 2. The minimum absolute atomic E-state index is 0.0905. The highest BCUT2D eigenvalue weighted by molar-refractivity contribution is 7.89. The van der Waals surface area contributed by atoms with E-state index < -0.39 is 15.8 Å². The van der Waals surface area contributed by atoms with Crippen LogP contribution in [0.3, 0.4) is 0 Å². The Morgan fingerprint density at radius 3 is 2.55 bits per heavy atom. The van der Waals surface area contributed by atoms with Gasteiger partial charge in [0.1, 0.15) is 5.82 Å². The Morgan fingerprint density at radius 1 is 1.35 bits per heavy atom. The fraction of sp³-hybridized carbons (Fsp3) is 0.571. The molecule has 4 nitrogen and oxygen atoms in total. The highest BCUT2D eigenvalue weighted by atomic mass is 32.2. The van der Waals surface area contributed by atoms with E-state index in [1.165, 1.54) is 12.1 Å². The molecule has 0 fully saturated rings. The van der Waals surface area contributed by atoms with Gasteiger partial charge in [-0.25, -0.2) is 17.5 Å². The third-order valence-electron chi connectivity index (χ3n) is 3.18. The zero-order valence-electron chi connectivity index (χ0n) is 12.1. The van der Waals surface area contributed by atoms with Crippen LogP contribution in [0.15, 0.2) is 23.1 Å². The van der Waals surface area contributed by atoms with Crippen LogP contribution in [0, 0.1) is 18.2 Å². The van der Waals surface area contributed by atoms with E-state index in [2.05, 4.69) is 4.72 Å². The van der Waals surface area contributed by atoms with Gasteiger partial charge in [0.25, 0.3) is 0 Å². The number of aryl methyl sites for hydroxylation is 1. The van der Waals surface area contributed by atoms with Crippen molar-refractivity contribution in [3.63, 3.8) is 0 Å². The zero-order valence-corrected chi connectivity index (χ0v) is 12.9. The topological polar surface area (TPSA) is 66.4 Å². The van der Waals surface area contributed by atoms with Crippen molar-refractivity contribution < 1.29 is 17.9 Å². The molecule has 0 heterocycles. The minimum atomic E-state index is -3.65. The number of halogens is 1. The van der Waals surface area contributed by atoms with Crippen LogP contribution < -0.4 is 4.72 Å². The fourth-order valence-electron chi connectivity index (χ4n) is 1.93. The van der Waals surface area contributed by atoms with Crippen molar-refractivity contribution in [3.05, 3.63) is 29.6 Å². The Labute approximate surface area is 120 Å². The molecular weight excluding hydrogens is 281 g/mol. The minimum Gasteiger partial charge on any atom is -0.396 e. The van der Waals surface area contributed by atoms with Gasteiger partial charge in [0, 0.05) is 13.2 Å². The Hall–Kier alpha value is -0.980. The van der Waals surface area contributed by atoms with Crippen molar-refractivity contribution in [1.29, 1.82) is 0 Å². The Kier molecular flexibility index (Phi) is 5.68. The average molecular weight is 303 g/mol. The van der Waals surface area contributed by atoms with Gasteiger partial charge in [0.05, 0.1) is 4.90 Å². The van der Waals surface area contributed by atoms with E-state index in [-0.39, 0.29) is 23.5 Å². The Morgan fingerprint density at radius 2 is 2.00 bits per heavy atom. The monoisotopic (exact) mass is 303 g/mol. The van der Waals surface area contributed by atoms with Gasteiger partial charge in [-0.15, -0.1) is 0 Å². The van der Waals surface area contributed by atoms with Crippen molar-refractivity contribution in [3.8, 4) is 0 Å². The summed E-state index contributed by atoms with van der Waals surface area (Å²) in [5.41, 5.74) is 0.134. The number of rotatable bonds is 7. The molecule has 0 bridgehead atoms. The van der Waals surface area contributed by atoms with Gasteiger partial charge in [-0.1, -0.05) is 13.8 Å². The molecule has 1 aromatic carbocycles. The molecule has 0 spiro atoms. The summed E-state index contributed by atoms with van der Waals surface area (Å²) < 4.78 is 40.0. The quantitative estimate of drug-likeness (QED) is 0.811. The van der Waals surface area contributed by atoms with E-state index in [0.717, 1.165) is 6.07 Å². The van der Waals surface area contributed by atoms with Gasteiger partial charge in [-0.2, -0.15) is 0 Å². The standard InChI is InChI=1S/C14H22FNO3S/c1-11-9-12(15)5-6-13(11)20(18,19)16-10-14(2,3)7-4-8-17/h5-6,9,16-17H,4,7-8,10H2,1-3H3. The molecule has 1 rings (SSSR count). The van der Waals surface area contributed by atoms with Crippen LogP contribution >= 0.6 is 0 Å². The molecule has 0 amide bonds. The number of hydrogen-bond acceptors (Lipinski definition) is 3. The van der Waals surface area contributed by atoms with Crippen LogP contribution in [0.2, 0.25) is 0 Å². The number of sulfonamides is 1. The molecule has 0 saturated carbocycles. The van der Waals surface area contributed by atoms with Crippen molar-refractivity contribution in [2.24, 2.45) is 5.41 Å². The first kappa shape index (κ1) is 17.1. The molecular formula is C14H22FNO3S. The van der Waals surface area contributed by atoms with Gasteiger partial charge in [0.2, 0.25) is 10.0 Å². The van der Waals surface area contributed by atoms with E-state index in [1.807, 2.05) is 13.8 Å². The molecule has 0 radical (unpaired) electrons. The molecule has 0 aliphatic carbocycles. The molecule has 6 heteroatoms. The van der Waals surface area contributed by atoms with Crippen LogP contribution in [0.5, 0.6) is 0 Å². The summed E-state index contributed by atoms with van der Waals surface area (Å²) >= 11 is 0. The maximum absolute atomic E-state index is 13.0. The molecule has 0 unspecified atom stereocenters. The molecule has 114 valence electrons. The van der Waals surface area contributed by atoms with Crippen molar-refractivity contribution >= 4 is 10.0 Å². The molecule has 2 N–H and O–H groups in total. The summed E-state index contributed by atoms with van der Waals surface area (Å²) in [7, 11) is -3.65. The maximum atomic E-state index is 13.0. The second-order valence-electron chi connectivity index (χ2n) is 5.73. The van der Waals surface area contributed by atoms with Gasteiger partial charge in [-0.3, -0.25) is 0 Å². The van der Waals surface area contributed by atoms with Crippen LogP contribution in [0.4, 0.5) is 4.39 Å². The van der Waals surface area contributed by atoms with Gasteiger partial charge < -0.3 is 5.11 Å². The Balaban J connectivity index is 2.80. The zero-order chi connectivity index (χ0) is 15.4. The molecule has 0 aliphatic heterocycles. The normalized spacial score (nSPS) is 12.7. The average Bonchev–Trinajstić information content (AvgIpc) is 2.34. The van der Waals surface area contributed by atoms with E-state index in [4.69, 9.17) is 5.11 Å². The summed E-state index contributed by atoms with van der Waals surface area (Å²) in [5, 5.41) is 8.82. The summed E-state index contributed by atoms with van der Waals surface area (Å²) in [6.07, 6.45) is 1.35. The summed E-state index contributed by atoms with van der Waals surface area (Å²) in [6.45, 7) is 5.79. The van der Waals surface area contributed by atoms with Gasteiger partial charge in [0.15, 0.2) is 0 Å². The summed E-state index contributed by atoms with van der Waals surface area (Å²) in [4.78, 5) is 0.0943. The third-order valence-corrected chi connectivity index (χ3v) is 4.74. The van der Waals surface area contributed by atoms with Crippen LogP contribution in [0.25, 0.3) is 0 Å². The SMILES string of the molecule is Cc1cc(F)ccc1S(=O)(=O)NCC(C)(C)CCCO. The highest BCUT2D eigenvalue weighted by Crippen LogP contribution is 2.22. The highest BCUT2D eigenvalue weighted by Gasteiger charge is 2.23. The fourth-order valence-corrected chi connectivity index (χ4v) is 3.39. The molecule has 0 aromatic heterocycles. The van der Waals surface area contributed by atoms with Crippen molar-refractivity contribution in [1.82, 2.24) is 4.72 Å². The second kappa shape index (κ2) is 6.65. The predicted octanol–water partition coefficient (Wildman–Crippen LogP) is 2.21. The molecule has 0 atom stereocenters. The summed E-state index contributed by atoms with van der Waals surface area (Å²) in [6, 6.07) is 3.61. The summed E-state index contributed by atoms with van der Waals surface area (Å²) in [5.74, 6) is -0.454. The second-order valence-corrected chi connectivity index (χ2v) is 7.46. The number of benzene rings is 1. The smallest absolute Gasteiger partial charge is 0.240 e. The number of aliphatic hydroxyl groups is 1. The number of nitrogens with one attached hydrogen (secondary N) is 1. The molecule has 1 aromatic rings. The maximum Gasteiger partial charge on any atom is 0.240 e. The lowest BCUT2D eigenvalue weighted by Gasteiger charge is -2.24. The van der Waals surface area contributed by atoms with Crippen molar-refractivity contribution in [2.45, 2.75) is 38.5 Å². The third kappa shape index (κ3) is 4.85. The molecule has 0 aliphatic rings. The lowest BCUT2D eigenvalue weighted by molar-refractivity contribution is 0.242. The molecule has 0 saturated heterocycles. The first-order valence-electron chi connectivity index (χ1n) is 6.55.